The summed E-state index contributed by atoms with van der Waals surface area (Å²) in [6.07, 6.45) is 1.69. The maximum Gasteiger partial charge on any atom is 0.250 e. The van der Waals surface area contributed by atoms with Crippen molar-refractivity contribution >= 4 is 22.5 Å². The monoisotopic (exact) mass is 219 g/mol. The maximum absolute atomic E-state index is 11.5. The first-order valence-electron chi connectivity index (χ1n) is 5.11. The molecule has 2 N–H and O–H groups in total. The Bertz CT molecular complexity index is 493. The minimum atomic E-state index is -0.157. The Kier molecular flexibility index (Phi) is 3.16. The van der Waals surface area contributed by atoms with Crippen LogP contribution in [0.15, 0.2) is 24.4 Å². The van der Waals surface area contributed by atoms with Gasteiger partial charge in [-0.15, -0.1) is 0 Å². The minimum absolute atomic E-state index is 0.0741. The van der Waals surface area contributed by atoms with Gasteiger partial charge in [-0.1, -0.05) is 6.07 Å². The Morgan fingerprint density at radius 3 is 3.25 bits per heavy atom. The van der Waals surface area contributed by atoms with Crippen LogP contribution in [0.25, 0.3) is 10.9 Å². The minimum Gasteiger partial charge on any atom is -0.372 e. The molecule has 2 aromatic rings. The van der Waals surface area contributed by atoms with Crippen molar-refractivity contribution in [1.82, 2.24) is 10.2 Å². The number of benzene rings is 1. The predicted octanol–water partition coefficient (Wildman–Crippen LogP) is 1.54. The number of H-pyrrole nitrogens is 1. The van der Waals surface area contributed by atoms with Crippen LogP contribution in [0.2, 0.25) is 0 Å². The Labute approximate surface area is 92.8 Å². The average molecular weight is 219 g/mol. The summed E-state index contributed by atoms with van der Waals surface area (Å²) in [5.41, 5.74) is 1.64. The fourth-order valence-electron chi connectivity index (χ4n) is 1.46. The summed E-state index contributed by atoms with van der Waals surface area (Å²) in [4.78, 5) is 11.5. The van der Waals surface area contributed by atoms with Gasteiger partial charge in [0.25, 0.3) is 0 Å². The molecule has 0 aliphatic carbocycles. The van der Waals surface area contributed by atoms with Crippen molar-refractivity contribution in [2.75, 3.05) is 18.5 Å². The third-order valence-corrected chi connectivity index (χ3v) is 2.20. The number of hydrogen-bond donors (Lipinski definition) is 2. The van der Waals surface area contributed by atoms with Gasteiger partial charge in [0.1, 0.15) is 6.61 Å². The molecule has 0 aliphatic rings. The van der Waals surface area contributed by atoms with E-state index in [2.05, 4.69) is 15.5 Å². The quantitative estimate of drug-likeness (QED) is 0.819. The van der Waals surface area contributed by atoms with Gasteiger partial charge in [0, 0.05) is 12.0 Å². The van der Waals surface area contributed by atoms with Crippen molar-refractivity contribution in [2.45, 2.75) is 6.92 Å². The van der Waals surface area contributed by atoms with Crippen molar-refractivity contribution in [2.24, 2.45) is 0 Å². The number of rotatable bonds is 4. The molecule has 0 spiro atoms. The Hall–Kier alpha value is -1.88. The number of aromatic nitrogens is 2. The normalized spacial score (nSPS) is 10.6. The zero-order chi connectivity index (χ0) is 11.4. The fourth-order valence-corrected chi connectivity index (χ4v) is 1.46. The highest BCUT2D eigenvalue weighted by atomic mass is 16.5. The number of carbonyl (C=O) groups excluding carboxylic acids is 1. The van der Waals surface area contributed by atoms with E-state index in [4.69, 9.17) is 4.74 Å². The smallest absolute Gasteiger partial charge is 0.250 e. The van der Waals surface area contributed by atoms with E-state index in [1.807, 2.05) is 25.1 Å². The molecule has 16 heavy (non-hydrogen) atoms. The predicted molar refractivity (Wildman–Crippen MR) is 61.2 cm³/mol. The lowest BCUT2D eigenvalue weighted by atomic mass is 10.2. The third-order valence-electron chi connectivity index (χ3n) is 2.20. The molecule has 0 aliphatic heterocycles. The second kappa shape index (κ2) is 4.76. The van der Waals surface area contributed by atoms with E-state index in [-0.39, 0.29) is 12.5 Å². The van der Waals surface area contributed by atoms with Crippen LogP contribution in [-0.4, -0.2) is 29.3 Å². The molecule has 1 heterocycles. The summed E-state index contributed by atoms with van der Waals surface area (Å²) < 4.78 is 5.03. The molecule has 0 saturated carbocycles. The van der Waals surface area contributed by atoms with Gasteiger partial charge in [0.05, 0.1) is 17.4 Å². The molecular formula is C11H13N3O2. The van der Waals surface area contributed by atoms with Crippen LogP contribution < -0.4 is 5.32 Å². The highest BCUT2D eigenvalue weighted by Crippen LogP contribution is 2.20. The standard InChI is InChI=1S/C11H13N3O2/c1-2-16-7-11(15)13-9-4-3-5-10-8(9)6-12-14-10/h3-6H,2,7H2,1H3,(H,12,14)(H,13,15). The molecule has 0 bridgehead atoms. The largest absolute Gasteiger partial charge is 0.372 e. The van der Waals surface area contributed by atoms with Crippen molar-refractivity contribution in [3.63, 3.8) is 0 Å². The molecule has 0 atom stereocenters. The van der Waals surface area contributed by atoms with E-state index in [0.717, 1.165) is 16.6 Å². The molecule has 0 unspecified atom stereocenters. The van der Waals surface area contributed by atoms with Crippen molar-refractivity contribution in [3.8, 4) is 0 Å². The first-order chi connectivity index (χ1) is 7.81. The molecular weight excluding hydrogens is 206 g/mol. The van der Waals surface area contributed by atoms with Gasteiger partial charge >= 0.3 is 0 Å². The molecule has 84 valence electrons. The number of fused-ring (bicyclic) bond motifs is 1. The summed E-state index contributed by atoms with van der Waals surface area (Å²) in [7, 11) is 0. The molecule has 2 rings (SSSR count). The third kappa shape index (κ3) is 2.20. The Morgan fingerprint density at radius 1 is 1.56 bits per heavy atom. The lowest BCUT2D eigenvalue weighted by Crippen LogP contribution is -2.18. The molecule has 0 radical (unpaired) electrons. The van der Waals surface area contributed by atoms with Crippen molar-refractivity contribution < 1.29 is 9.53 Å². The van der Waals surface area contributed by atoms with Crippen molar-refractivity contribution in [3.05, 3.63) is 24.4 Å². The summed E-state index contributed by atoms with van der Waals surface area (Å²) >= 11 is 0. The van der Waals surface area contributed by atoms with Gasteiger partial charge in [-0.25, -0.2) is 0 Å². The van der Waals surface area contributed by atoms with Crippen molar-refractivity contribution in [1.29, 1.82) is 0 Å². The van der Waals surface area contributed by atoms with Gasteiger partial charge in [-0.3, -0.25) is 9.89 Å². The number of hydrogen-bond acceptors (Lipinski definition) is 3. The molecule has 5 nitrogen and oxygen atoms in total. The first-order valence-corrected chi connectivity index (χ1v) is 5.11. The molecule has 1 amide bonds. The first kappa shape index (κ1) is 10.6. The summed E-state index contributed by atoms with van der Waals surface area (Å²) in [6.45, 7) is 2.46. The second-order valence-electron chi connectivity index (χ2n) is 3.32. The average Bonchev–Trinajstić information content (AvgIpc) is 2.75. The fraction of sp³-hybridized carbons (Fsp3) is 0.273. The van der Waals surface area contributed by atoms with Crippen LogP contribution in [-0.2, 0) is 9.53 Å². The zero-order valence-corrected chi connectivity index (χ0v) is 8.99. The number of anilines is 1. The Balaban J connectivity index is 2.14. The van der Waals surface area contributed by atoms with Gasteiger partial charge in [-0.05, 0) is 19.1 Å². The lowest BCUT2D eigenvalue weighted by molar-refractivity contribution is -0.120. The van der Waals surface area contributed by atoms with E-state index in [1.165, 1.54) is 0 Å². The van der Waals surface area contributed by atoms with Crippen LogP contribution in [0.4, 0.5) is 5.69 Å². The topological polar surface area (TPSA) is 67.0 Å². The van der Waals surface area contributed by atoms with Gasteiger partial charge < -0.3 is 10.1 Å². The van der Waals surface area contributed by atoms with E-state index >= 15 is 0 Å². The van der Waals surface area contributed by atoms with Gasteiger partial charge in [-0.2, -0.15) is 5.10 Å². The SMILES string of the molecule is CCOCC(=O)Nc1cccc2[nH]ncc12. The van der Waals surface area contributed by atoms with Crippen LogP contribution in [0.3, 0.4) is 0 Å². The van der Waals surface area contributed by atoms with E-state index < -0.39 is 0 Å². The number of nitrogens with zero attached hydrogens (tertiary/aromatic N) is 1. The van der Waals surface area contributed by atoms with E-state index in [1.54, 1.807) is 6.20 Å². The number of amides is 1. The number of carbonyl (C=O) groups is 1. The van der Waals surface area contributed by atoms with Crippen LogP contribution in [0, 0.1) is 0 Å². The van der Waals surface area contributed by atoms with E-state index in [9.17, 15) is 4.79 Å². The molecule has 0 saturated heterocycles. The molecule has 1 aromatic heterocycles. The maximum atomic E-state index is 11.5. The highest BCUT2D eigenvalue weighted by molar-refractivity contribution is 6.01. The number of nitrogens with one attached hydrogen (secondary N) is 2. The summed E-state index contributed by atoms with van der Waals surface area (Å²) in [6, 6.07) is 5.60. The second-order valence-corrected chi connectivity index (χ2v) is 3.32. The number of aromatic amines is 1. The summed E-state index contributed by atoms with van der Waals surface area (Å²) in [5, 5.41) is 10.4. The summed E-state index contributed by atoms with van der Waals surface area (Å²) in [5.74, 6) is -0.157. The molecule has 1 aromatic carbocycles. The van der Waals surface area contributed by atoms with Crippen LogP contribution in [0.1, 0.15) is 6.92 Å². The molecule has 0 fully saturated rings. The highest BCUT2D eigenvalue weighted by Gasteiger charge is 2.06. The van der Waals surface area contributed by atoms with Crippen LogP contribution >= 0.6 is 0 Å². The Morgan fingerprint density at radius 2 is 2.44 bits per heavy atom. The zero-order valence-electron chi connectivity index (χ0n) is 8.99. The van der Waals surface area contributed by atoms with Gasteiger partial charge in [0.15, 0.2) is 0 Å². The van der Waals surface area contributed by atoms with E-state index in [0.29, 0.717) is 6.61 Å². The van der Waals surface area contributed by atoms with Crippen LogP contribution in [0.5, 0.6) is 0 Å². The lowest BCUT2D eigenvalue weighted by Gasteiger charge is -2.05. The number of ether oxygens (including phenoxy) is 1. The molecule has 5 heteroatoms. The van der Waals surface area contributed by atoms with Gasteiger partial charge in [0.2, 0.25) is 5.91 Å².